The lowest BCUT2D eigenvalue weighted by atomic mass is 10.2. The van der Waals surface area contributed by atoms with E-state index >= 15 is 0 Å². The smallest absolute Gasteiger partial charge is 0.141 e. The second-order valence-corrected chi connectivity index (χ2v) is 5.23. The minimum absolute atomic E-state index is 0.284. The van der Waals surface area contributed by atoms with Crippen LogP contribution in [-0.4, -0.2) is 47.6 Å². The molecule has 2 aromatic heterocycles. The first kappa shape index (κ1) is 13.9. The predicted molar refractivity (Wildman–Crippen MR) is 80.8 cm³/mol. The molecule has 1 aliphatic rings. The number of nitrogens with zero attached hydrogens (tertiary/aromatic N) is 4. The van der Waals surface area contributed by atoms with Gasteiger partial charge in [-0.25, -0.2) is 9.37 Å². The van der Waals surface area contributed by atoms with E-state index in [1.54, 1.807) is 6.07 Å². The van der Waals surface area contributed by atoms with Crippen molar-refractivity contribution < 1.29 is 4.39 Å². The fraction of sp³-hybridized carbons (Fsp3) is 0.375. The molecule has 3 rings (SSSR count). The molecule has 0 atom stereocenters. The molecular weight excluding hydrogens is 267 g/mol. The van der Waals surface area contributed by atoms with E-state index in [1.807, 2.05) is 18.3 Å². The maximum atomic E-state index is 12.9. The number of halogens is 1. The van der Waals surface area contributed by atoms with Crippen LogP contribution in [0.25, 0.3) is 0 Å². The van der Waals surface area contributed by atoms with E-state index in [0.29, 0.717) is 0 Å². The first-order chi connectivity index (χ1) is 10.3. The van der Waals surface area contributed by atoms with Crippen LogP contribution in [0.5, 0.6) is 0 Å². The van der Waals surface area contributed by atoms with Crippen LogP contribution >= 0.6 is 0 Å². The van der Waals surface area contributed by atoms with Gasteiger partial charge in [-0.2, -0.15) is 0 Å². The van der Waals surface area contributed by atoms with E-state index in [1.165, 1.54) is 12.3 Å². The zero-order chi connectivity index (χ0) is 14.5. The third-order valence-corrected chi connectivity index (χ3v) is 3.82. The maximum Gasteiger partial charge on any atom is 0.141 e. The van der Waals surface area contributed by atoms with E-state index in [9.17, 15) is 4.39 Å². The van der Waals surface area contributed by atoms with E-state index in [0.717, 1.165) is 50.7 Å². The van der Waals surface area contributed by atoms with Gasteiger partial charge in [-0.1, -0.05) is 6.07 Å². The summed E-state index contributed by atoms with van der Waals surface area (Å²) >= 11 is 0. The average molecular weight is 286 g/mol. The first-order valence-corrected chi connectivity index (χ1v) is 7.30. The van der Waals surface area contributed by atoms with Crippen molar-refractivity contribution in [1.82, 2.24) is 14.9 Å². The Morgan fingerprint density at radius 3 is 2.52 bits per heavy atom. The standard InChI is InChI=1S/C16H19FN4/c17-14-4-5-16(19-13-14)21-11-9-20(10-12-21)8-6-15-3-1-2-7-18-15/h1-5,7,13H,6,8-12H2. The van der Waals surface area contributed by atoms with Gasteiger partial charge in [0.1, 0.15) is 11.6 Å². The number of pyridine rings is 2. The third-order valence-electron chi connectivity index (χ3n) is 3.82. The van der Waals surface area contributed by atoms with Gasteiger partial charge < -0.3 is 4.90 Å². The summed E-state index contributed by atoms with van der Waals surface area (Å²) in [6.45, 7) is 4.90. The highest BCUT2D eigenvalue weighted by Crippen LogP contribution is 2.13. The lowest BCUT2D eigenvalue weighted by Gasteiger charge is -2.35. The Morgan fingerprint density at radius 1 is 1.00 bits per heavy atom. The van der Waals surface area contributed by atoms with Crippen LogP contribution in [-0.2, 0) is 6.42 Å². The summed E-state index contributed by atoms with van der Waals surface area (Å²) in [5.74, 6) is 0.577. The summed E-state index contributed by atoms with van der Waals surface area (Å²) in [5, 5.41) is 0. The Hall–Kier alpha value is -2.01. The van der Waals surface area contributed by atoms with Crippen LogP contribution in [0.3, 0.4) is 0 Å². The van der Waals surface area contributed by atoms with Crippen LogP contribution in [0.1, 0.15) is 5.69 Å². The molecule has 1 aliphatic heterocycles. The maximum absolute atomic E-state index is 12.9. The van der Waals surface area contributed by atoms with Crippen molar-refractivity contribution in [3.8, 4) is 0 Å². The van der Waals surface area contributed by atoms with Gasteiger partial charge in [-0.3, -0.25) is 9.88 Å². The zero-order valence-corrected chi connectivity index (χ0v) is 12.0. The monoisotopic (exact) mass is 286 g/mol. The molecule has 4 nitrogen and oxygen atoms in total. The second-order valence-electron chi connectivity index (χ2n) is 5.23. The Labute approximate surface area is 124 Å². The van der Waals surface area contributed by atoms with E-state index in [-0.39, 0.29) is 5.82 Å². The topological polar surface area (TPSA) is 32.3 Å². The molecule has 0 amide bonds. The fourth-order valence-corrected chi connectivity index (χ4v) is 2.57. The Kier molecular flexibility index (Phi) is 4.40. The molecule has 5 heteroatoms. The zero-order valence-electron chi connectivity index (χ0n) is 12.0. The fourth-order valence-electron chi connectivity index (χ4n) is 2.57. The predicted octanol–water partition coefficient (Wildman–Crippen LogP) is 1.98. The molecule has 21 heavy (non-hydrogen) atoms. The molecule has 0 radical (unpaired) electrons. The highest BCUT2D eigenvalue weighted by molar-refractivity contribution is 5.38. The van der Waals surface area contributed by atoms with Crippen LogP contribution in [0.2, 0.25) is 0 Å². The van der Waals surface area contributed by atoms with Crippen molar-refractivity contribution in [3.63, 3.8) is 0 Å². The van der Waals surface area contributed by atoms with Crippen molar-refractivity contribution in [3.05, 3.63) is 54.2 Å². The molecule has 0 bridgehead atoms. The number of piperazine rings is 1. The Balaban J connectivity index is 1.48. The molecule has 0 unspecified atom stereocenters. The molecule has 110 valence electrons. The molecule has 3 heterocycles. The molecule has 0 spiro atoms. The number of aromatic nitrogens is 2. The van der Waals surface area contributed by atoms with Gasteiger partial charge in [0.25, 0.3) is 0 Å². The van der Waals surface area contributed by atoms with E-state index in [4.69, 9.17) is 0 Å². The molecule has 1 fully saturated rings. The summed E-state index contributed by atoms with van der Waals surface area (Å²) in [6, 6.07) is 9.26. The number of rotatable bonds is 4. The van der Waals surface area contributed by atoms with Gasteiger partial charge in [0.05, 0.1) is 6.20 Å². The van der Waals surface area contributed by atoms with E-state index < -0.39 is 0 Å². The second kappa shape index (κ2) is 6.63. The quantitative estimate of drug-likeness (QED) is 0.860. The molecule has 0 aliphatic carbocycles. The Bertz CT molecular complexity index is 550. The van der Waals surface area contributed by atoms with Gasteiger partial charge in [0, 0.05) is 51.0 Å². The average Bonchev–Trinajstić information content (AvgIpc) is 2.55. The highest BCUT2D eigenvalue weighted by atomic mass is 19.1. The van der Waals surface area contributed by atoms with Crippen LogP contribution < -0.4 is 4.90 Å². The minimum atomic E-state index is -0.284. The van der Waals surface area contributed by atoms with Crippen molar-refractivity contribution in [2.24, 2.45) is 0 Å². The summed E-state index contributed by atoms with van der Waals surface area (Å²) in [6.07, 6.45) is 4.10. The Morgan fingerprint density at radius 2 is 1.86 bits per heavy atom. The SMILES string of the molecule is Fc1ccc(N2CCN(CCc3ccccn3)CC2)nc1. The third kappa shape index (κ3) is 3.76. The molecule has 1 saturated heterocycles. The van der Waals surface area contributed by atoms with Crippen LogP contribution in [0.15, 0.2) is 42.7 Å². The number of anilines is 1. The molecule has 0 N–H and O–H groups in total. The van der Waals surface area contributed by atoms with E-state index in [2.05, 4.69) is 25.8 Å². The van der Waals surface area contributed by atoms with Gasteiger partial charge in [0.2, 0.25) is 0 Å². The van der Waals surface area contributed by atoms with Crippen molar-refractivity contribution >= 4 is 5.82 Å². The highest BCUT2D eigenvalue weighted by Gasteiger charge is 2.17. The number of hydrogen-bond donors (Lipinski definition) is 0. The first-order valence-electron chi connectivity index (χ1n) is 7.30. The van der Waals surface area contributed by atoms with Gasteiger partial charge in [0.15, 0.2) is 0 Å². The summed E-state index contributed by atoms with van der Waals surface area (Å²) in [5.41, 5.74) is 1.14. The number of hydrogen-bond acceptors (Lipinski definition) is 4. The molecule has 0 saturated carbocycles. The largest absolute Gasteiger partial charge is 0.354 e. The van der Waals surface area contributed by atoms with Crippen molar-refractivity contribution in [2.75, 3.05) is 37.6 Å². The summed E-state index contributed by atoms with van der Waals surface area (Å²) < 4.78 is 12.9. The molecular formula is C16H19FN4. The lowest BCUT2D eigenvalue weighted by molar-refractivity contribution is 0.259. The lowest BCUT2D eigenvalue weighted by Crippen LogP contribution is -2.47. The van der Waals surface area contributed by atoms with Gasteiger partial charge in [-0.15, -0.1) is 0 Å². The molecule has 0 aromatic carbocycles. The minimum Gasteiger partial charge on any atom is -0.354 e. The normalized spacial score (nSPS) is 16.1. The molecule has 2 aromatic rings. The summed E-state index contributed by atoms with van der Waals surface area (Å²) in [4.78, 5) is 13.1. The van der Waals surface area contributed by atoms with Crippen molar-refractivity contribution in [2.45, 2.75) is 6.42 Å². The van der Waals surface area contributed by atoms with Crippen LogP contribution in [0.4, 0.5) is 10.2 Å². The summed E-state index contributed by atoms with van der Waals surface area (Å²) in [7, 11) is 0. The van der Waals surface area contributed by atoms with Crippen molar-refractivity contribution in [1.29, 1.82) is 0 Å². The van der Waals surface area contributed by atoms with Gasteiger partial charge in [-0.05, 0) is 24.3 Å². The van der Waals surface area contributed by atoms with Crippen LogP contribution in [0, 0.1) is 5.82 Å². The van der Waals surface area contributed by atoms with Gasteiger partial charge >= 0.3 is 0 Å².